The van der Waals surface area contributed by atoms with Crippen LogP contribution in [0.5, 0.6) is 0 Å². The number of benzene rings is 3. The average Bonchev–Trinajstić information content (AvgIpc) is 2.97. The van der Waals surface area contributed by atoms with E-state index in [1.807, 2.05) is 31.2 Å². The van der Waals surface area contributed by atoms with Crippen LogP contribution in [0.4, 0.5) is 5.69 Å². The quantitative estimate of drug-likeness (QED) is 0.311. The van der Waals surface area contributed by atoms with Crippen LogP contribution in [0.25, 0.3) is 0 Å². The molecule has 9 heteroatoms. The number of sulfonamides is 1. The third kappa shape index (κ3) is 7.68. The first-order chi connectivity index (χ1) is 19.6. The predicted octanol–water partition coefficient (Wildman–Crippen LogP) is 6.02. The Balaban J connectivity index is 1.69. The summed E-state index contributed by atoms with van der Waals surface area (Å²) in [5, 5.41) is 3.47. The minimum Gasteiger partial charge on any atom is -0.352 e. The highest BCUT2D eigenvalue weighted by Gasteiger charge is 2.33. The molecule has 218 valence electrons. The summed E-state index contributed by atoms with van der Waals surface area (Å²) in [6, 6.07) is 20.0. The number of aryl methyl sites for hydroxylation is 2. The lowest BCUT2D eigenvalue weighted by Gasteiger charge is -2.33. The van der Waals surface area contributed by atoms with Gasteiger partial charge < -0.3 is 10.2 Å². The second-order valence-electron chi connectivity index (χ2n) is 10.8. The average molecular weight is 596 g/mol. The highest BCUT2D eigenvalue weighted by Crippen LogP contribution is 2.30. The van der Waals surface area contributed by atoms with E-state index in [4.69, 9.17) is 11.6 Å². The molecular formula is C32H38ClN3O4S. The number of carbonyl (C=O) groups excluding carboxylic acids is 2. The molecule has 1 aliphatic carbocycles. The molecule has 0 heterocycles. The number of anilines is 1. The maximum absolute atomic E-state index is 14.1. The minimum atomic E-state index is -4.14. The van der Waals surface area contributed by atoms with Gasteiger partial charge in [0, 0.05) is 17.6 Å². The number of nitrogens with zero attached hydrogens (tertiary/aromatic N) is 2. The first kappa shape index (κ1) is 30.6. The maximum atomic E-state index is 14.1. The van der Waals surface area contributed by atoms with E-state index in [0.29, 0.717) is 16.3 Å². The number of carbonyl (C=O) groups is 2. The molecule has 3 aromatic rings. The lowest BCUT2D eigenvalue weighted by atomic mass is 9.95. The topological polar surface area (TPSA) is 86.8 Å². The molecule has 3 aromatic carbocycles. The zero-order chi connectivity index (χ0) is 29.6. The minimum absolute atomic E-state index is 0.0559. The number of hydrogen-bond acceptors (Lipinski definition) is 4. The van der Waals surface area contributed by atoms with Crippen LogP contribution in [0, 0.1) is 13.8 Å². The summed E-state index contributed by atoms with van der Waals surface area (Å²) < 4.78 is 29.0. The normalized spacial score (nSPS) is 14.7. The zero-order valence-electron chi connectivity index (χ0n) is 23.8. The van der Waals surface area contributed by atoms with E-state index >= 15 is 0 Å². The van der Waals surface area contributed by atoms with Crippen LogP contribution in [0.2, 0.25) is 5.02 Å². The summed E-state index contributed by atoms with van der Waals surface area (Å²) in [6.07, 6.45) is 5.13. The Kier molecular flexibility index (Phi) is 10.1. The van der Waals surface area contributed by atoms with E-state index in [1.165, 1.54) is 17.0 Å². The standard InChI is InChI=1S/C32H38ClN3O4S/c1-23-14-17-26(18-15-23)21-35(25(3)32(38)34-28-10-6-4-7-11-28)31(37)22-36(30-20-27(33)19-16-24(30)2)41(39,40)29-12-8-5-9-13-29/h5,8-9,12-20,25,28H,4,6-7,10-11,21-22H2,1-3H3,(H,34,38). The van der Waals surface area contributed by atoms with Gasteiger partial charge in [0.15, 0.2) is 0 Å². The predicted molar refractivity (Wildman–Crippen MR) is 163 cm³/mol. The SMILES string of the molecule is Cc1ccc(CN(C(=O)CN(c2cc(Cl)ccc2C)S(=O)(=O)c2ccccc2)C(C)C(=O)NC2CCCCC2)cc1. The summed E-state index contributed by atoms with van der Waals surface area (Å²) in [7, 11) is -4.14. The van der Waals surface area contributed by atoms with E-state index in [1.54, 1.807) is 50.2 Å². The Hall–Kier alpha value is -3.36. The van der Waals surface area contributed by atoms with Gasteiger partial charge in [-0.2, -0.15) is 0 Å². The Morgan fingerprint density at radius 3 is 2.27 bits per heavy atom. The summed E-state index contributed by atoms with van der Waals surface area (Å²) in [6.45, 7) is 5.11. The Labute approximate surface area is 248 Å². The van der Waals surface area contributed by atoms with Gasteiger partial charge in [-0.3, -0.25) is 13.9 Å². The third-order valence-electron chi connectivity index (χ3n) is 7.64. The van der Waals surface area contributed by atoms with Crippen molar-refractivity contribution in [2.75, 3.05) is 10.8 Å². The van der Waals surface area contributed by atoms with Crippen molar-refractivity contribution >= 4 is 39.1 Å². The fourth-order valence-corrected chi connectivity index (χ4v) is 6.78. The molecular weight excluding hydrogens is 558 g/mol. The molecule has 4 rings (SSSR count). The fraction of sp³-hybridized carbons (Fsp3) is 0.375. The van der Waals surface area contributed by atoms with Gasteiger partial charge in [-0.15, -0.1) is 0 Å². The number of amides is 2. The van der Waals surface area contributed by atoms with E-state index in [0.717, 1.165) is 47.5 Å². The van der Waals surface area contributed by atoms with E-state index in [-0.39, 0.29) is 23.4 Å². The highest BCUT2D eigenvalue weighted by atomic mass is 35.5. The van der Waals surface area contributed by atoms with Crippen LogP contribution in [-0.2, 0) is 26.2 Å². The van der Waals surface area contributed by atoms with Gasteiger partial charge >= 0.3 is 0 Å². The molecule has 1 saturated carbocycles. The van der Waals surface area contributed by atoms with Crippen molar-refractivity contribution in [1.29, 1.82) is 0 Å². The molecule has 0 aliphatic heterocycles. The monoisotopic (exact) mass is 595 g/mol. The van der Waals surface area contributed by atoms with Crippen LogP contribution in [0.3, 0.4) is 0 Å². The Morgan fingerprint density at radius 1 is 0.951 bits per heavy atom. The molecule has 1 aliphatic rings. The number of rotatable bonds is 10. The van der Waals surface area contributed by atoms with Gasteiger partial charge in [-0.05, 0) is 69.0 Å². The van der Waals surface area contributed by atoms with Crippen LogP contribution in [-0.4, -0.2) is 43.8 Å². The van der Waals surface area contributed by atoms with Crippen LogP contribution in [0.1, 0.15) is 55.7 Å². The number of nitrogens with one attached hydrogen (secondary N) is 1. The molecule has 41 heavy (non-hydrogen) atoms. The highest BCUT2D eigenvalue weighted by molar-refractivity contribution is 7.92. The van der Waals surface area contributed by atoms with Crippen LogP contribution in [0.15, 0.2) is 77.7 Å². The van der Waals surface area contributed by atoms with Crippen molar-refractivity contribution in [1.82, 2.24) is 10.2 Å². The zero-order valence-corrected chi connectivity index (χ0v) is 25.4. The molecule has 7 nitrogen and oxygen atoms in total. The fourth-order valence-electron chi connectivity index (χ4n) is 5.13. The second kappa shape index (κ2) is 13.5. The lowest BCUT2D eigenvalue weighted by molar-refractivity contribution is -0.139. The van der Waals surface area contributed by atoms with Crippen molar-refractivity contribution in [3.63, 3.8) is 0 Å². The van der Waals surface area contributed by atoms with Gasteiger partial charge in [0.1, 0.15) is 12.6 Å². The first-order valence-corrected chi connectivity index (χ1v) is 15.9. The maximum Gasteiger partial charge on any atom is 0.264 e. The molecule has 0 spiro atoms. The van der Waals surface area contributed by atoms with Crippen molar-refractivity contribution < 1.29 is 18.0 Å². The molecule has 1 N–H and O–H groups in total. The molecule has 0 radical (unpaired) electrons. The Bertz CT molecular complexity index is 1460. The molecule has 0 aromatic heterocycles. The second-order valence-corrected chi connectivity index (χ2v) is 13.1. The van der Waals surface area contributed by atoms with Crippen molar-refractivity contribution in [3.05, 3.63) is 94.5 Å². The first-order valence-electron chi connectivity index (χ1n) is 14.1. The van der Waals surface area contributed by atoms with Gasteiger partial charge in [0.05, 0.1) is 10.6 Å². The van der Waals surface area contributed by atoms with Crippen LogP contribution >= 0.6 is 11.6 Å². The molecule has 0 saturated heterocycles. The molecule has 1 atom stereocenters. The van der Waals surface area contributed by atoms with E-state index in [9.17, 15) is 18.0 Å². The van der Waals surface area contributed by atoms with Crippen molar-refractivity contribution in [2.45, 2.75) is 76.4 Å². The van der Waals surface area contributed by atoms with Crippen molar-refractivity contribution in [2.24, 2.45) is 0 Å². The summed E-state index contributed by atoms with van der Waals surface area (Å²) in [5.74, 6) is -0.732. The number of halogens is 1. The lowest BCUT2D eigenvalue weighted by Crippen LogP contribution is -2.53. The smallest absolute Gasteiger partial charge is 0.264 e. The van der Waals surface area contributed by atoms with Crippen LogP contribution < -0.4 is 9.62 Å². The molecule has 1 fully saturated rings. The van der Waals surface area contributed by atoms with E-state index < -0.39 is 28.5 Å². The van der Waals surface area contributed by atoms with Gasteiger partial charge in [-0.1, -0.05) is 85.0 Å². The molecule has 1 unspecified atom stereocenters. The third-order valence-corrected chi connectivity index (χ3v) is 9.65. The number of hydrogen-bond donors (Lipinski definition) is 1. The Morgan fingerprint density at radius 2 is 1.61 bits per heavy atom. The van der Waals surface area contributed by atoms with Gasteiger partial charge in [0.25, 0.3) is 10.0 Å². The molecule has 2 amide bonds. The summed E-state index contributed by atoms with van der Waals surface area (Å²) in [5.41, 5.74) is 2.88. The largest absolute Gasteiger partial charge is 0.352 e. The van der Waals surface area contributed by atoms with Gasteiger partial charge in [-0.25, -0.2) is 8.42 Å². The van der Waals surface area contributed by atoms with Crippen molar-refractivity contribution in [3.8, 4) is 0 Å². The summed E-state index contributed by atoms with van der Waals surface area (Å²) >= 11 is 6.29. The van der Waals surface area contributed by atoms with E-state index in [2.05, 4.69) is 5.32 Å². The molecule has 0 bridgehead atoms. The van der Waals surface area contributed by atoms with Gasteiger partial charge in [0.2, 0.25) is 11.8 Å². The summed E-state index contributed by atoms with van der Waals surface area (Å²) in [4.78, 5) is 29.1.